The zero-order valence-electron chi connectivity index (χ0n) is 26.7. The monoisotopic (exact) mass is 701 g/mol. The molecule has 0 spiro atoms. The number of anilines is 1. The van der Waals surface area contributed by atoms with Crippen molar-refractivity contribution in [2.45, 2.75) is 31.6 Å². The molecule has 2 fully saturated rings. The molecule has 3 aromatic heterocycles. The van der Waals surface area contributed by atoms with Gasteiger partial charge >= 0.3 is 5.69 Å². The lowest BCUT2D eigenvalue weighted by molar-refractivity contribution is -0.127. The number of morpholine rings is 2. The second kappa shape index (κ2) is 14.6. The highest BCUT2D eigenvalue weighted by atomic mass is 31.2. The zero-order valence-corrected chi connectivity index (χ0v) is 28.6. The van der Waals surface area contributed by atoms with Gasteiger partial charge in [-0.25, -0.2) is 19.1 Å². The van der Waals surface area contributed by atoms with Crippen LogP contribution in [-0.4, -0.2) is 129 Å². The van der Waals surface area contributed by atoms with Crippen LogP contribution in [0.1, 0.15) is 18.0 Å². The lowest BCUT2D eigenvalue weighted by atomic mass is 10.3. The Kier molecular flexibility index (Phi) is 11.0. The van der Waals surface area contributed by atoms with E-state index in [1.807, 2.05) is 4.90 Å². The summed E-state index contributed by atoms with van der Waals surface area (Å²) in [5, 5.41) is 3.20. The fourth-order valence-electron chi connectivity index (χ4n) is 5.18. The van der Waals surface area contributed by atoms with Crippen molar-refractivity contribution >= 4 is 32.8 Å². The molecule has 2 aliphatic rings. The van der Waals surface area contributed by atoms with E-state index in [-0.39, 0.29) is 49.7 Å². The van der Waals surface area contributed by atoms with Crippen molar-refractivity contribution in [1.82, 2.24) is 48.6 Å². The summed E-state index contributed by atoms with van der Waals surface area (Å²) in [7, 11) is 0.556. The minimum absolute atomic E-state index is 0.0224. The minimum Gasteiger partial charge on any atom is -0.369 e. The van der Waals surface area contributed by atoms with E-state index in [9.17, 15) is 23.5 Å². The number of rotatable bonds is 12. The number of nitrogen functional groups attached to an aromatic ring is 1. The number of H-pyrrole nitrogens is 2. The van der Waals surface area contributed by atoms with Crippen molar-refractivity contribution in [1.29, 1.82) is 0 Å². The van der Waals surface area contributed by atoms with Crippen LogP contribution in [0.25, 0.3) is 11.2 Å². The molecule has 2 unspecified atom stereocenters. The number of hydrogen-bond acceptors (Lipinski definition) is 14. The number of hydrogen-bond donors (Lipinski definition) is 4. The minimum atomic E-state index is -3.53. The second-order valence-corrected chi connectivity index (χ2v) is 16.1. The number of imidazole rings is 1. The van der Waals surface area contributed by atoms with Gasteiger partial charge < -0.3 is 29.6 Å². The van der Waals surface area contributed by atoms with E-state index < -0.39 is 57.2 Å². The molecule has 0 aromatic carbocycles. The first-order valence-electron chi connectivity index (χ1n) is 14.8. The molecule has 2 aliphatic heterocycles. The van der Waals surface area contributed by atoms with Gasteiger partial charge in [0.05, 0.1) is 38.0 Å². The van der Waals surface area contributed by atoms with E-state index in [0.29, 0.717) is 18.7 Å². The number of fused-ring (bicyclic) bond motifs is 1. The van der Waals surface area contributed by atoms with Crippen LogP contribution in [0.5, 0.6) is 0 Å². The maximum Gasteiger partial charge on any atom is 0.330 e. The van der Waals surface area contributed by atoms with Crippen LogP contribution in [0.3, 0.4) is 0 Å². The molecule has 0 radical (unpaired) electrons. The van der Waals surface area contributed by atoms with Gasteiger partial charge in [0.15, 0.2) is 17.4 Å². The molecule has 47 heavy (non-hydrogen) atoms. The third kappa shape index (κ3) is 8.17. The number of ether oxygens (including phenoxy) is 2. The molecule has 5 heterocycles. The summed E-state index contributed by atoms with van der Waals surface area (Å²) in [6, 6.07) is 0. The van der Waals surface area contributed by atoms with Crippen LogP contribution in [-0.2, 0) is 27.7 Å². The predicted octanol–water partition coefficient (Wildman–Crippen LogP) is -1.06. The number of aromatic amines is 2. The Labute approximate surface area is 269 Å². The number of nitrogens with one attached hydrogen (secondary N) is 3. The van der Waals surface area contributed by atoms with E-state index in [2.05, 4.69) is 25.3 Å². The van der Waals surface area contributed by atoms with E-state index in [1.165, 1.54) is 26.4 Å². The van der Waals surface area contributed by atoms with Gasteiger partial charge in [-0.15, -0.1) is 0 Å². The van der Waals surface area contributed by atoms with Crippen molar-refractivity contribution in [3.05, 3.63) is 49.3 Å². The van der Waals surface area contributed by atoms with Gasteiger partial charge in [-0.2, -0.15) is 4.98 Å². The SMILES string of the molecule is Cc1cn([C@H]2CNC[C@@H](COP(=O)(CN3C[C@@H](CO[PH](=O)N(C)C)O[C@@H](n4cnc5c(=O)[nH]c(N)nc54)C3)N(C)C)O2)c(=O)[nH]c1=O. The Morgan fingerprint density at radius 1 is 1.04 bits per heavy atom. The Morgan fingerprint density at radius 3 is 2.51 bits per heavy atom. The maximum atomic E-state index is 14.3. The van der Waals surface area contributed by atoms with E-state index in [4.69, 9.17) is 24.3 Å². The largest absolute Gasteiger partial charge is 0.369 e. The molecule has 0 saturated carbocycles. The molecule has 5 N–H and O–H groups in total. The van der Waals surface area contributed by atoms with Gasteiger partial charge in [-0.3, -0.25) is 42.7 Å². The summed E-state index contributed by atoms with van der Waals surface area (Å²) in [6.45, 7) is 2.69. The summed E-state index contributed by atoms with van der Waals surface area (Å²) >= 11 is 0. The fraction of sp³-hybridized carbons (Fsp3) is 0.640. The van der Waals surface area contributed by atoms with Crippen molar-refractivity contribution < 1.29 is 27.7 Å². The molecule has 20 nitrogen and oxygen atoms in total. The first-order valence-corrected chi connectivity index (χ1v) is 17.8. The highest BCUT2D eigenvalue weighted by Crippen LogP contribution is 2.50. The highest BCUT2D eigenvalue weighted by Gasteiger charge is 2.38. The third-order valence-corrected chi connectivity index (χ3v) is 11.4. The Morgan fingerprint density at radius 2 is 1.79 bits per heavy atom. The number of nitrogens with zero attached hydrogens (tertiary/aromatic N) is 7. The van der Waals surface area contributed by atoms with Gasteiger partial charge in [0.2, 0.25) is 5.95 Å². The molecule has 3 aromatic rings. The fourth-order valence-corrected chi connectivity index (χ4v) is 7.47. The van der Waals surface area contributed by atoms with E-state index in [1.54, 1.807) is 39.7 Å². The quantitative estimate of drug-likeness (QED) is 0.165. The smallest absolute Gasteiger partial charge is 0.330 e. The topological polar surface area (TPSA) is 237 Å². The van der Waals surface area contributed by atoms with E-state index >= 15 is 0 Å². The summed E-state index contributed by atoms with van der Waals surface area (Å²) in [5.74, 6) is -0.0888. The van der Waals surface area contributed by atoms with Gasteiger partial charge in [-0.1, -0.05) is 0 Å². The number of nitrogens with two attached hydrogens (primary N) is 1. The Balaban J connectivity index is 1.33. The normalized spacial score (nSPS) is 24.6. The molecule has 0 amide bonds. The average molecular weight is 702 g/mol. The first-order chi connectivity index (χ1) is 22.2. The summed E-state index contributed by atoms with van der Waals surface area (Å²) < 4.78 is 56.6. The van der Waals surface area contributed by atoms with Crippen LogP contribution in [0.2, 0.25) is 0 Å². The first kappa shape index (κ1) is 35.3. The van der Waals surface area contributed by atoms with Crippen LogP contribution in [0.15, 0.2) is 26.9 Å². The summed E-state index contributed by atoms with van der Waals surface area (Å²) in [5.41, 5.74) is 4.87. The van der Waals surface area contributed by atoms with Gasteiger partial charge in [-0.05, 0) is 35.1 Å². The average Bonchev–Trinajstić information content (AvgIpc) is 3.45. The van der Waals surface area contributed by atoms with E-state index in [0.717, 1.165) is 0 Å². The molecule has 0 bridgehead atoms. The lowest BCUT2D eigenvalue weighted by Gasteiger charge is -2.40. The van der Waals surface area contributed by atoms with Crippen molar-refractivity contribution in [3.8, 4) is 0 Å². The molecule has 5 rings (SSSR count). The zero-order chi connectivity index (χ0) is 34.0. The third-order valence-electron chi connectivity index (χ3n) is 7.69. The molecular weight excluding hydrogens is 660 g/mol. The van der Waals surface area contributed by atoms with Gasteiger partial charge in [0.1, 0.15) is 6.23 Å². The molecule has 2 saturated heterocycles. The van der Waals surface area contributed by atoms with Crippen LogP contribution in [0, 0.1) is 6.92 Å². The van der Waals surface area contributed by atoms with Crippen molar-refractivity contribution in [2.24, 2.45) is 0 Å². The predicted molar refractivity (Wildman–Crippen MR) is 172 cm³/mol. The second-order valence-electron chi connectivity index (χ2n) is 11.8. The Bertz CT molecular complexity index is 1820. The van der Waals surface area contributed by atoms with Crippen molar-refractivity contribution in [2.75, 3.05) is 79.6 Å². The maximum absolute atomic E-state index is 14.3. The van der Waals surface area contributed by atoms with Gasteiger partial charge in [0, 0.05) is 37.9 Å². The standard InChI is InChI=1S/C25H41N11O9P2/c1-15-8-35(25(39)31-22(15)37)18-7-27-6-16(44-18)12-43-47(41,33(4)5)14-34-9-17(11-42-46(40)32(2)3)45-19(10-34)36-13-28-20-21(36)29-24(26)30-23(20)38/h8,13,16-19,27,46H,6-7,9-12,14H2,1-5H3,(H,31,37,39)(H3,26,29,30,38)/t16-,17-,18+,19+,47?/m0/s1. The lowest BCUT2D eigenvalue weighted by Crippen LogP contribution is -2.49. The molecule has 22 heteroatoms. The number of aromatic nitrogens is 6. The molecule has 6 atom stereocenters. The Hall–Kier alpha value is -3.03. The molecule has 0 aliphatic carbocycles. The van der Waals surface area contributed by atoms with Crippen LogP contribution < -0.4 is 27.9 Å². The van der Waals surface area contributed by atoms with Crippen LogP contribution >= 0.6 is 15.7 Å². The summed E-state index contributed by atoms with van der Waals surface area (Å²) in [4.78, 5) is 51.7. The molecule has 260 valence electrons. The molecular formula is C25H41N11O9P2. The van der Waals surface area contributed by atoms with Crippen LogP contribution in [0.4, 0.5) is 5.95 Å². The van der Waals surface area contributed by atoms with Gasteiger partial charge in [0.25, 0.3) is 26.8 Å². The summed E-state index contributed by atoms with van der Waals surface area (Å²) in [6.07, 6.45) is 0.200. The number of aryl methyl sites for hydroxylation is 1. The van der Waals surface area contributed by atoms with Crippen molar-refractivity contribution in [3.63, 3.8) is 0 Å². The highest BCUT2D eigenvalue weighted by molar-refractivity contribution is 7.56.